The molecule has 2 aliphatic rings. The fourth-order valence-electron chi connectivity index (χ4n) is 11.1. The Balaban J connectivity index is 1.23. The van der Waals surface area contributed by atoms with E-state index in [0.717, 1.165) is 25.7 Å². The minimum atomic E-state index is -5.04. The summed E-state index contributed by atoms with van der Waals surface area (Å²) in [4.78, 5) is 0. The molecule has 0 spiro atoms. The second-order valence-electron chi connectivity index (χ2n) is 17.2. The quantitative estimate of drug-likeness (QED) is 0.100. The molecule has 0 N–H and O–H groups in total. The predicted octanol–water partition coefficient (Wildman–Crippen LogP) is 16.8. The van der Waals surface area contributed by atoms with Crippen molar-refractivity contribution in [2.45, 2.75) is 59.9 Å². The first kappa shape index (κ1) is 38.2. The molecule has 8 aromatic rings. The van der Waals surface area contributed by atoms with E-state index in [4.69, 9.17) is 17.0 Å². The third-order valence-electron chi connectivity index (χ3n) is 13.7. The van der Waals surface area contributed by atoms with Crippen molar-refractivity contribution in [3.8, 4) is 22.3 Å². The van der Waals surface area contributed by atoms with Crippen LogP contribution >= 0.6 is 17.0 Å². The van der Waals surface area contributed by atoms with Gasteiger partial charge >= 0.3 is 355 Å². The van der Waals surface area contributed by atoms with Gasteiger partial charge in [-0.3, -0.25) is 0 Å². The SMILES string of the molecule is CCCC1=Cc2c(-c3c4ccccc4cc4ccccc34)cccc2[CH]1[Zr]([Cl])([Cl])([CH]1C(CCC)=Cc2c(-c3c4ccccc4cc4ccccc34)cccc21)[SiH](C)C. The first-order valence-corrected chi connectivity index (χ1v) is 37.6. The Hall–Kier alpha value is -4.04. The molecule has 8 aromatic carbocycles. The molecule has 0 aromatic heterocycles. The van der Waals surface area contributed by atoms with Gasteiger partial charge in [-0.2, -0.15) is 0 Å². The molecular formula is C54H49Cl2SiZr. The third kappa shape index (κ3) is 5.69. The summed E-state index contributed by atoms with van der Waals surface area (Å²) < 4.78 is 0.0941. The van der Waals surface area contributed by atoms with Crippen LogP contribution in [0, 0.1) is 0 Å². The number of allylic oxidation sites excluding steroid dienone is 2. The van der Waals surface area contributed by atoms with Gasteiger partial charge < -0.3 is 0 Å². The first-order chi connectivity index (χ1) is 28.2. The summed E-state index contributed by atoms with van der Waals surface area (Å²) in [6.07, 6.45) is 9.18. The van der Waals surface area contributed by atoms with Crippen LogP contribution in [0.4, 0.5) is 0 Å². The van der Waals surface area contributed by atoms with Crippen LogP contribution in [0.25, 0.3) is 77.5 Å². The molecule has 0 aliphatic heterocycles. The van der Waals surface area contributed by atoms with Crippen molar-refractivity contribution in [3.63, 3.8) is 0 Å². The summed E-state index contributed by atoms with van der Waals surface area (Å²) >= 11 is -5.04. The molecule has 0 radical (unpaired) electrons. The maximum absolute atomic E-state index is 8.99. The van der Waals surface area contributed by atoms with Crippen LogP contribution in [0.5, 0.6) is 0 Å². The van der Waals surface area contributed by atoms with E-state index >= 15 is 0 Å². The van der Waals surface area contributed by atoms with Crippen LogP contribution in [0.15, 0.2) is 157 Å². The third-order valence-corrected chi connectivity index (χ3v) is 65.5. The van der Waals surface area contributed by atoms with Gasteiger partial charge in [-0.15, -0.1) is 0 Å². The van der Waals surface area contributed by atoms with Gasteiger partial charge in [0.25, 0.3) is 0 Å². The zero-order valence-electron chi connectivity index (χ0n) is 33.8. The Labute approximate surface area is 352 Å². The van der Waals surface area contributed by atoms with Crippen molar-refractivity contribution in [2.24, 2.45) is 0 Å². The Morgan fingerprint density at radius 2 is 0.810 bits per heavy atom. The number of rotatable bonds is 9. The van der Waals surface area contributed by atoms with E-state index in [0.29, 0.717) is 0 Å². The van der Waals surface area contributed by atoms with Crippen LogP contribution in [-0.2, 0) is 15.6 Å². The Bertz CT molecular complexity index is 2720. The summed E-state index contributed by atoms with van der Waals surface area (Å²) in [6, 6.07) is 54.3. The van der Waals surface area contributed by atoms with Gasteiger partial charge in [0.1, 0.15) is 0 Å². The van der Waals surface area contributed by atoms with Crippen molar-refractivity contribution >= 4 is 78.2 Å². The molecule has 0 saturated carbocycles. The zero-order chi connectivity index (χ0) is 39.8. The van der Waals surface area contributed by atoms with Gasteiger partial charge in [0.15, 0.2) is 0 Å². The van der Waals surface area contributed by atoms with E-state index < -0.39 is 21.5 Å². The monoisotopic (exact) mass is 885 g/mol. The topological polar surface area (TPSA) is 0 Å². The van der Waals surface area contributed by atoms with E-state index in [-0.39, 0.29) is 7.25 Å². The normalized spacial score (nSPS) is 17.1. The summed E-state index contributed by atoms with van der Waals surface area (Å²) in [5, 5.41) is 10.2. The van der Waals surface area contributed by atoms with Gasteiger partial charge in [0.2, 0.25) is 0 Å². The van der Waals surface area contributed by atoms with Crippen LogP contribution in [-0.4, -0.2) is 5.92 Å². The summed E-state index contributed by atoms with van der Waals surface area (Å²) in [7, 11) is 18.0. The first-order valence-electron chi connectivity index (χ1n) is 21.3. The molecule has 0 bridgehead atoms. The van der Waals surface area contributed by atoms with Gasteiger partial charge in [-0.25, -0.2) is 0 Å². The molecule has 10 rings (SSSR count). The molecule has 58 heavy (non-hydrogen) atoms. The average Bonchev–Trinajstić information content (AvgIpc) is 3.82. The molecule has 287 valence electrons. The zero-order valence-corrected chi connectivity index (χ0v) is 39.0. The molecule has 2 atom stereocenters. The number of halogens is 2. The summed E-state index contributed by atoms with van der Waals surface area (Å²) in [6.45, 7) is 9.59. The van der Waals surface area contributed by atoms with Gasteiger partial charge in [0.05, 0.1) is 0 Å². The van der Waals surface area contributed by atoms with Crippen LogP contribution < -0.4 is 0 Å². The van der Waals surface area contributed by atoms with Crippen molar-refractivity contribution in [1.29, 1.82) is 0 Å². The second-order valence-corrected chi connectivity index (χ2v) is 59.7. The van der Waals surface area contributed by atoms with Gasteiger partial charge in [0, 0.05) is 0 Å². The van der Waals surface area contributed by atoms with Gasteiger partial charge in [-0.1, -0.05) is 0 Å². The number of fused-ring (bicyclic) bond motifs is 6. The molecule has 0 heterocycles. The van der Waals surface area contributed by atoms with Crippen LogP contribution in [0.3, 0.4) is 0 Å². The second kappa shape index (κ2) is 14.6. The maximum atomic E-state index is 8.99. The van der Waals surface area contributed by atoms with Crippen molar-refractivity contribution in [2.75, 3.05) is 0 Å². The molecule has 2 unspecified atom stereocenters. The Morgan fingerprint density at radius 3 is 1.14 bits per heavy atom. The van der Waals surface area contributed by atoms with Crippen LogP contribution in [0.1, 0.15) is 69.0 Å². The van der Waals surface area contributed by atoms with Crippen LogP contribution in [0.2, 0.25) is 13.1 Å². The minimum absolute atomic E-state index is 0.0471. The number of hydrogen-bond acceptors (Lipinski definition) is 0. The fourth-order valence-corrected chi connectivity index (χ4v) is 42.6. The van der Waals surface area contributed by atoms with E-state index in [2.05, 4.69) is 185 Å². The van der Waals surface area contributed by atoms with Crippen molar-refractivity contribution in [1.82, 2.24) is 0 Å². The molecule has 0 fully saturated rings. The van der Waals surface area contributed by atoms with E-state index in [9.17, 15) is 0 Å². The van der Waals surface area contributed by atoms with E-state index in [1.807, 2.05) is 0 Å². The Kier molecular flexibility index (Phi) is 9.61. The van der Waals surface area contributed by atoms with E-state index in [1.165, 1.54) is 98.7 Å². The predicted molar refractivity (Wildman–Crippen MR) is 256 cm³/mol. The molecular weight excluding hydrogens is 839 g/mol. The summed E-state index contributed by atoms with van der Waals surface area (Å²) in [5.41, 5.74) is 13.5. The molecule has 4 heteroatoms. The number of hydrogen-bond donors (Lipinski definition) is 0. The molecule has 0 saturated heterocycles. The fraction of sp³-hybridized carbons (Fsp3) is 0.185. The van der Waals surface area contributed by atoms with Crippen molar-refractivity contribution in [3.05, 3.63) is 179 Å². The number of benzene rings is 8. The summed E-state index contributed by atoms with van der Waals surface area (Å²) in [5.74, 6) is -1.75. The van der Waals surface area contributed by atoms with Gasteiger partial charge in [-0.05, 0) is 0 Å². The van der Waals surface area contributed by atoms with Crippen molar-refractivity contribution < 1.29 is 15.6 Å². The standard InChI is InChI=1S/2C26H21.C2H7Si.2ClH.Zr/c2*1-2-8-18-15-19-11-7-14-24(25(19)16-18)26-22-12-5-3-9-20(22)17-21-10-4-6-13-23(21)26;1-3-2;;;/h2*3-7,9-17H,2,8H2,1H3;3H,1-2H3;2*1H;/q;;;;;+2/p-2. The Morgan fingerprint density at radius 1 is 0.466 bits per heavy atom. The average molecular weight is 888 g/mol. The van der Waals surface area contributed by atoms with E-state index in [1.54, 1.807) is 0 Å². The molecule has 2 aliphatic carbocycles. The molecule has 0 amide bonds. The molecule has 0 nitrogen and oxygen atoms in total.